The number of carbonyl (C=O) groups is 1. The van der Waals surface area contributed by atoms with Gasteiger partial charge in [0.1, 0.15) is 17.8 Å². The van der Waals surface area contributed by atoms with Gasteiger partial charge in [-0.1, -0.05) is 54.2 Å². The highest BCUT2D eigenvalue weighted by Crippen LogP contribution is 2.35. The van der Waals surface area contributed by atoms with E-state index in [0.717, 1.165) is 48.6 Å². The second-order valence-corrected chi connectivity index (χ2v) is 10.8. The zero-order valence-electron chi connectivity index (χ0n) is 22.1. The number of rotatable bonds is 11. The molecule has 0 bridgehead atoms. The van der Waals surface area contributed by atoms with Crippen LogP contribution in [0.1, 0.15) is 24.8 Å². The Balaban J connectivity index is 1.30. The summed E-state index contributed by atoms with van der Waals surface area (Å²) in [6.45, 7) is 2.05. The van der Waals surface area contributed by atoms with Gasteiger partial charge in [-0.3, -0.25) is 4.79 Å². The predicted molar refractivity (Wildman–Crippen MR) is 151 cm³/mol. The van der Waals surface area contributed by atoms with E-state index < -0.39 is 5.54 Å². The fourth-order valence-electron chi connectivity index (χ4n) is 5.27. The van der Waals surface area contributed by atoms with Gasteiger partial charge in [-0.05, 0) is 55.0 Å². The minimum Gasteiger partial charge on any atom is -0.497 e. The highest BCUT2D eigenvalue weighted by Gasteiger charge is 2.42. The van der Waals surface area contributed by atoms with Crippen molar-refractivity contribution in [1.82, 2.24) is 20.6 Å². The normalized spacial score (nSPS) is 18.3. The molecule has 8 nitrogen and oxygen atoms in total. The Hall–Kier alpha value is -3.56. The van der Waals surface area contributed by atoms with Crippen molar-refractivity contribution in [2.75, 3.05) is 32.7 Å². The molecule has 3 aromatic rings. The van der Waals surface area contributed by atoms with E-state index in [-0.39, 0.29) is 24.4 Å². The highest BCUT2D eigenvalue weighted by molar-refractivity contribution is 7.99. The van der Waals surface area contributed by atoms with Crippen molar-refractivity contribution in [3.63, 3.8) is 0 Å². The van der Waals surface area contributed by atoms with Crippen LogP contribution in [0.2, 0.25) is 0 Å². The minimum absolute atomic E-state index is 0.0520. The summed E-state index contributed by atoms with van der Waals surface area (Å²) in [7, 11) is 1.65. The average Bonchev–Trinajstić information content (AvgIpc) is 3.50. The van der Waals surface area contributed by atoms with E-state index in [1.165, 1.54) is 17.3 Å². The van der Waals surface area contributed by atoms with Crippen molar-refractivity contribution >= 4 is 17.7 Å². The maximum Gasteiger partial charge on any atom is 0.230 e. The topological polar surface area (TPSA) is 94.6 Å². The molecule has 0 aliphatic carbocycles. The number of benzene rings is 2. The fraction of sp³-hybridized carbons (Fsp3) is 0.367. The molecule has 5 rings (SSSR count). The minimum atomic E-state index is -0.523. The number of thioether (sulfide) groups is 1. The van der Waals surface area contributed by atoms with Crippen LogP contribution in [-0.2, 0) is 20.7 Å². The lowest BCUT2D eigenvalue weighted by molar-refractivity contribution is -0.121. The molecule has 1 fully saturated rings. The second-order valence-electron chi connectivity index (χ2n) is 9.87. The van der Waals surface area contributed by atoms with Crippen LogP contribution in [0.25, 0.3) is 11.1 Å². The number of carbonyl (C=O) groups excluding carboxylic acids is 1. The molecule has 2 atom stereocenters. The van der Waals surface area contributed by atoms with E-state index in [2.05, 4.69) is 32.7 Å². The lowest BCUT2D eigenvalue weighted by Gasteiger charge is -2.44. The summed E-state index contributed by atoms with van der Waals surface area (Å²) in [5.41, 5.74) is 2.56. The predicted octanol–water partition coefficient (Wildman–Crippen LogP) is 4.58. The molecular weight excluding hydrogens is 512 g/mol. The molecule has 2 aliphatic rings. The molecule has 1 aromatic heterocycles. The lowest BCUT2D eigenvalue weighted by Crippen LogP contribution is -2.59. The Morgan fingerprint density at radius 1 is 1.10 bits per heavy atom. The molecule has 204 valence electrons. The van der Waals surface area contributed by atoms with E-state index in [1.807, 2.05) is 42.5 Å². The quantitative estimate of drug-likeness (QED) is 0.267. The van der Waals surface area contributed by atoms with Crippen LogP contribution in [0.3, 0.4) is 0 Å². The molecule has 3 heterocycles. The summed E-state index contributed by atoms with van der Waals surface area (Å²) in [6.07, 6.45) is 8.60. The van der Waals surface area contributed by atoms with Gasteiger partial charge in [0.15, 0.2) is 5.16 Å². The van der Waals surface area contributed by atoms with E-state index in [1.54, 1.807) is 25.8 Å². The number of hydrogen-bond acceptors (Lipinski definition) is 8. The van der Waals surface area contributed by atoms with Crippen LogP contribution in [0.4, 0.5) is 0 Å². The molecule has 2 unspecified atom stereocenters. The number of ether oxygens (including phenoxy) is 3. The van der Waals surface area contributed by atoms with Crippen LogP contribution in [-0.4, -0.2) is 54.2 Å². The van der Waals surface area contributed by atoms with Gasteiger partial charge in [-0.25, -0.2) is 9.97 Å². The molecule has 9 heteroatoms. The largest absolute Gasteiger partial charge is 0.497 e. The second kappa shape index (κ2) is 13.0. The van der Waals surface area contributed by atoms with Crippen LogP contribution in [0.15, 0.2) is 84.2 Å². The Morgan fingerprint density at radius 2 is 1.90 bits per heavy atom. The van der Waals surface area contributed by atoms with Crippen molar-refractivity contribution in [1.29, 1.82) is 0 Å². The van der Waals surface area contributed by atoms with Crippen molar-refractivity contribution in [3.8, 4) is 16.9 Å². The number of nitrogens with one attached hydrogen (secondary N) is 2. The fourth-order valence-corrected chi connectivity index (χ4v) is 5.85. The van der Waals surface area contributed by atoms with Gasteiger partial charge in [0.2, 0.25) is 12.7 Å². The van der Waals surface area contributed by atoms with Gasteiger partial charge in [0, 0.05) is 30.9 Å². The number of nitrogens with zero attached hydrogens (tertiary/aromatic N) is 2. The van der Waals surface area contributed by atoms with E-state index in [0.29, 0.717) is 18.0 Å². The standard InChI is InChI=1S/C30H34N4O4S/c1-36-26-11-9-23(10-12-26)24-16-32-29(33-17-24)39-20-28(35)34-30(15-27-19-37-21-38-27,25-8-5-13-31-18-25)14-22-6-3-2-4-7-22/h2-4,6-7,9-12,16-17,19,25,31H,5,8,13-15,18,20-21H2,1H3,(H,34,35). The number of hydrogen-bond donors (Lipinski definition) is 2. The SMILES string of the molecule is COc1ccc(-c2cnc(SCC(=O)NC(CC3=COCO3)(Cc3ccccc3)C3CCCNC3)nc2)cc1. The number of methoxy groups -OCH3 is 1. The molecule has 39 heavy (non-hydrogen) atoms. The molecule has 2 N–H and O–H groups in total. The third kappa shape index (κ3) is 7.10. The van der Waals surface area contributed by atoms with E-state index in [4.69, 9.17) is 14.2 Å². The molecule has 0 spiro atoms. The summed E-state index contributed by atoms with van der Waals surface area (Å²) in [5, 5.41) is 7.54. The summed E-state index contributed by atoms with van der Waals surface area (Å²) >= 11 is 1.33. The van der Waals surface area contributed by atoms with Crippen molar-refractivity contribution in [2.45, 2.75) is 36.4 Å². The molecule has 2 aromatic carbocycles. The number of piperidine rings is 1. The number of amides is 1. The molecule has 0 saturated carbocycles. The average molecular weight is 547 g/mol. The van der Waals surface area contributed by atoms with Crippen LogP contribution in [0, 0.1) is 5.92 Å². The monoisotopic (exact) mass is 546 g/mol. The first kappa shape index (κ1) is 27.0. The molecular formula is C30H34N4O4S. The molecule has 1 saturated heterocycles. The van der Waals surface area contributed by atoms with Crippen molar-refractivity contribution in [2.24, 2.45) is 5.92 Å². The van der Waals surface area contributed by atoms with Crippen molar-refractivity contribution in [3.05, 3.63) is 84.6 Å². The molecule has 2 aliphatic heterocycles. The molecule has 0 radical (unpaired) electrons. The lowest BCUT2D eigenvalue weighted by atomic mass is 9.72. The Kier molecular flexibility index (Phi) is 9.00. The first-order valence-electron chi connectivity index (χ1n) is 13.2. The van der Waals surface area contributed by atoms with Crippen molar-refractivity contribution < 1.29 is 19.0 Å². The van der Waals surface area contributed by atoms with Gasteiger partial charge >= 0.3 is 0 Å². The third-order valence-corrected chi connectivity index (χ3v) is 8.11. The Morgan fingerprint density at radius 3 is 2.56 bits per heavy atom. The molecule has 1 amide bonds. The van der Waals surface area contributed by atoms with Gasteiger partial charge in [0.05, 0.1) is 18.4 Å². The first-order valence-corrected chi connectivity index (χ1v) is 14.2. The number of aromatic nitrogens is 2. The van der Waals surface area contributed by atoms with E-state index >= 15 is 0 Å². The summed E-state index contributed by atoms with van der Waals surface area (Å²) in [6, 6.07) is 18.1. The maximum absolute atomic E-state index is 13.5. The van der Waals surface area contributed by atoms with Crippen LogP contribution in [0.5, 0.6) is 5.75 Å². The van der Waals surface area contributed by atoms with Gasteiger partial charge in [-0.15, -0.1) is 0 Å². The van der Waals surface area contributed by atoms with Gasteiger partial charge < -0.3 is 24.8 Å². The Labute approximate surface area is 233 Å². The first-order chi connectivity index (χ1) is 19.1. The van der Waals surface area contributed by atoms with Gasteiger partial charge in [-0.2, -0.15) is 0 Å². The zero-order valence-corrected chi connectivity index (χ0v) is 22.9. The van der Waals surface area contributed by atoms with Crippen LogP contribution >= 0.6 is 11.8 Å². The summed E-state index contributed by atoms with van der Waals surface area (Å²) in [4.78, 5) is 22.5. The van der Waals surface area contributed by atoms with Crippen LogP contribution < -0.4 is 15.4 Å². The van der Waals surface area contributed by atoms with E-state index in [9.17, 15) is 4.79 Å². The maximum atomic E-state index is 13.5. The zero-order chi connectivity index (χ0) is 26.9. The Bertz CT molecular complexity index is 1250. The smallest absolute Gasteiger partial charge is 0.230 e. The summed E-state index contributed by atoms with van der Waals surface area (Å²) in [5.74, 6) is 1.97. The van der Waals surface area contributed by atoms with Gasteiger partial charge in [0.25, 0.3) is 0 Å². The third-order valence-electron chi connectivity index (χ3n) is 7.23. The summed E-state index contributed by atoms with van der Waals surface area (Å²) < 4.78 is 16.3. The highest BCUT2D eigenvalue weighted by atomic mass is 32.2.